The lowest BCUT2D eigenvalue weighted by atomic mass is 10.1. The summed E-state index contributed by atoms with van der Waals surface area (Å²) in [7, 11) is 0. The number of carbonyl (C=O) groups excluding carboxylic acids is 2. The second-order valence-electron chi connectivity index (χ2n) is 6.12. The molecule has 2 aromatic carbocycles. The minimum Gasteiger partial charge on any atom is -0.490 e. The van der Waals surface area contributed by atoms with Crippen molar-refractivity contribution in [3.63, 3.8) is 0 Å². The van der Waals surface area contributed by atoms with E-state index in [1.165, 1.54) is 0 Å². The predicted octanol–water partition coefficient (Wildman–Crippen LogP) is 3.35. The van der Waals surface area contributed by atoms with Crippen molar-refractivity contribution in [3.05, 3.63) is 53.6 Å². The second kappa shape index (κ2) is 8.37. The summed E-state index contributed by atoms with van der Waals surface area (Å²) in [4.78, 5) is 26.1. The summed E-state index contributed by atoms with van der Waals surface area (Å²) in [6, 6.07) is 13.9. The standard InChI is InChI=1S/C21H20N2O4/c1-2-26-20-11-15(13-22)8-9-19(20)27-14-18(24)16-5-3-6-17(12-16)23-10-4-7-21(23)25/h3,5-6,8-9,11-12H,2,4,7,10,14H2,1H3. The van der Waals surface area contributed by atoms with Crippen molar-refractivity contribution < 1.29 is 19.1 Å². The van der Waals surface area contributed by atoms with Crippen LogP contribution >= 0.6 is 0 Å². The molecule has 1 aliphatic heterocycles. The van der Waals surface area contributed by atoms with Gasteiger partial charge in [0.05, 0.1) is 18.2 Å². The molecule has 1 saturated heterocycles. The van der Waals surface area contributed by atoms with E-state index in [1.807, 2.05) is 19.1 Å². The second-order valence-corrected chi connectivity index (χ2v) is 6.12. The summed E-state index contributed by atoms with van der Waals surface area (Å²) in [5.41, 5.74) is 1.68. The Labute approximate surface area is 157 Å². The van der Waals surface area contributed by atoms with E-state index >= 15 is 0 Å². The Bertz CT molecular complexity index is 901. The smallest absolute Gasteiger partial charge is 0.227 e. The van der Waals surface area contributed by atoms with E-state index in [0.29, 0.717) is 42.2 Å². The number of benzene rings is 2. The van der Waals surface area contributed by atoms with E-state index in [1.54, 1.807) is 41.3 Å². The fraction of sp³-hybridized carbons (Fsp3) is 0.286. The summed E-state index contributed by atoms with van der Waals surface area (Å²) in [5.74, 6) is 0.723. The molecular formula is C21H20N2O4. The molecule has 1 amide bonds. The highest BCUT2D eigenvalue weighted by Gasteiger charge is 2.22. The molecule has 3 rings (SSSR count). The van der Waals surface area contributed by atoms with Crippen LogP contribution < -0.4 is 14.4 Å². The molecule has 0 spiro atoms. The van der Waals surface area contributed by atoms with E-state index in [0.717, 1.165) is 12.1 Å². The predicted molar refractivity (Wildman–Crippen MR) is 100 cm³/mol. The number of nitrogens with zero attached hydrogens (tertiary/aromatic N) is 2. The van der Waals surface area contributed by atoms with Crippen LogP contribution in [0.1, 0.15) is 35.7 Å². The van der Waals surface area contributed by atoms with Gasteiger partial charge < -0.3 is 14.4 Å². The maximum atomic E-state index is 12.5. The van der Waals surface area contributed by atoms with Crippen LogP contribution in [-0.4, -0.2) is 31.4 Å². The quantitative estimate of drug-likeness (QED) is 0.704. The Morgan fingerprint density at radius 2 is 2.04 bits per heavy atom. The van der Waals surface area contributed by atoms with Crippen LogP contribution in [0.5, 0.6) is 11.5 Å². The van der Waals surface area contributed by atoms with Gasteiger partial charge in [-0.25, -0.2) is 0 Å². The number of rotatable bonds is 7. The Morgan fingerprint density at radius 1 is 1.19 bits per heavy atom. The summed E-state index contributed by atoms with van der Waals surface area (Å²) in [6.07, 6.45) is 1.37. The fourth-order valence-corrected chi connectivity index (χ4v) is 2.96. The molecule has 0 saturated carbocycles. The molecule has 0 atom stereocenters. The summed E-state index contributed by atoms with van der Waals surface area (Å²) < 4.78 is 11.1. The zero-order chi connectivity index (χ0) is 19.2. The van der Waals surface area contributed by atoms with Gasteiger partial charge in [-0.3, -0.25) is 9.59 Å². The molecule has 0 N–H and O–H groups in total. The summed E-state index contributed by atoms with van der Waals surface area (Å²) in [5, 5.41) is 8.99. The van der Waals surface area contributed by atoms with Crippen LogP contribution in [0.3, 0.4) is 0 Å². The molecule has 0 aliphatic carbocycles. The van der Waals surface area contributed by atoms with Crippen LogP contribution in [0.4, 0.5) is 5.69 Å². The van der Waals surface area contributed by atoms with Crippen LogP contribution in [-0.2, 0) is 4.79 Å². The maximum Gasteiger partial charge on any atom is 0.227 e. The van der Waals surface area contributed by atoms with Crippen LogP contribution in [0.25, 0.3) is 0 Å². The highest BCUT2D eigenvalue weighted by molar-refractivity contribution is 6.00. The Hall–Kier alpha value is -3.33. The van der Waals surface area contributed by atoms with Gasteiger partial charge in [-0.05, 0) is 37.6 Å². The van der Waals surface area contributed by atoms with Crippen molar-refractivity contribution in [2.75, 3.05) is 24.7 Å². The molecule has 0 bridgehead atoms. The van der Waals surface area contributed by atoms with Gasteiger partial charge in [-0.1, -0.05) is 12.1 Å². The van der Waals surface area contributed by atoms with Gasteiger partial charge >= 0.3 is 0 Å². The summed E-state index contributed by atoms with van der Waals surface area (Å²) in [6.45, 7) is 2.77. The Balaban J connectivity index is 1.71. The number of Topliss-reactive ketones (excluding diaryl/α,β-unsaturated/α-hetero) is 1. The lowest BCUT2D eigenvalue weighted by Gasteiger charge is -2.16. The highest BCUT2D eigenvalue weighted by Crippen LogP contribution is 2.29. The first-order valence-corrected chi connectivity index (χ1v) is 8.85. The van der Waals surface area contributed by atoms with E-state index in [9.17, 15) is 9.59 Å². The van der Waals surface area contributed by atoms with Crippen molar-refractivity contribution in [1.82, 2.24) is 0 Å². The molecule has 1 heterocycles. The van der Waals surface area contributed by atoms with Crippen molar-refractivity contribution in [2.24, 2.45) is 0 Å². The first-order valence-electron chi connectivity index (χ1n) is 8.85. The van der Waals surface area contributed by atoms with Gasteiger partial charge in [0, 0.05) is 30.3 Å². The number of hydrogen-bond donors (Lipinski definition) is 0. The third kappa shape index (κ3) is 4.26. The largest absolute Gasteiger partial charge is 0.490 e. The van der Waals surface area contributed by atoms with E-state index in [2.05, 4.69) is 0 Å². The molecule has 27 heavy (non-hydrogen) atoms. The number of hydrogen-bond acceptors (Lipinski definition) is 5. The third-order valence-corrected chi connectivity index (χ3v) is 4.28. The maximum absolute atomic E-state index is 12.5. The molecule has 6 heteroatoms. The van der Waals surface area contributed by atoms with Crippen molar-refractivity contribution in [1.29, 1.82) is 5.26 Å². The summed E-state index contributed by atoms with van der Waals surface area (Å²) >= 11 is 0. The number of anilines is 1. The molecule has 138 valence electrons. The van der Waals surface area contributed by atoms with Crippen LogP contribution in [0.2, 0.25) is 0 Å². The lowest BCUT2D eigenvalue weighted by molar-refractivity contribution is -0.117. The zero-order valence-electron chi connectivity index (χ0n) is 15.1. The first kappa shape index (κ1) is 18.5. The van der Waals surface area contributed by atoms with Crippen molar-refractivity contribution >= 4 is 17.4 Å². The molecule has 0 unspecified atom stereocenters. The molecule has 6 nitrogen and oxygen atoms in total. The van der Waals surface area contributed by atoms with E-state index < -0.39 is 0 Å². The van der Waals surface area contributed by atoms with Gasteiger partial charge in [0.15, 0.2) is 23.9 Å². The molecular weight excluding hydrogens is 344 g/mol. The number of ketones is 1. The topological polar surface area (TPSA) is 79.6 Å². The minimum atomic E-state index is -0.199. The first-order chi connectivity index (χ1) is 13.1. The Kier molecular flexibility index (Phi) is 5.72. The number of amides is 1. The van der Waals surface area contributed by atoms with Gasteiger partial charge in [0.25, 0.3) is 0 Å². The normalized spacial score (nSPS) is 13.3. The van der Waals surface area contributed by atoms with Gasteiger partial charge in [0.1, 0.15) is 0 Å². The SMILES string of the molecule is CCOc1cc(C#N)ccc1OCC(=O)c1cccc(N2CCCC2=O)c1. The highest BCUT2D eigenvalue weighted by atomic mass is 16.5. The molecule has 0 aromatic heterocycles. The molecule has 1 fully saturated rings. The van der Waals surface area contributed by atoms with Gasteiger partial charge in [-0.15, -0.1) is 0 Å². The van der Waals surface area contributed by atoms with Crippen molar-refractivity contribution in [3.8, 4) is 17.6 Å². The van der Waals surface area contributed by atoms with Crippen LogP contribution in [0, 0.1) is 11.3 Å². The van der Waals surface area contributed by atoms with Crippen molar-refractivity contribution in [2.45, 2.75) is 19.8 Å². The molecule has 2 aromatic rings. The van der Waals surface area contributed by atoms with E-state index in [-0.39, 0.29) is 18.3 Å². The fourth-order valence-electron chi connectivity index (χ4n) is 2.96. The Morgan fingerprint density at radius 3 is 2.74 bits per heavy atom. The third-order valence-electron chi connectivity index (χ3n) is 4.28. The lowest BCUT2D eigenvalue weighted by Crippen LogP contribution is -2.24. The zero-order valence-corrected chi connectivity index (χ0v) is 15.1. The van der Waals surface area contributed by atoms with Crippen LogP contribution in [0.15, 0.2) is 42.5 Å². The number of carbonyl (C=O) groups is 2. The average Bonchev–Trinajstić information content (AvgIpc) is 3.13. The minimum absolute atomic E-state index is 0.0785. The van der Waals surface area contributed by atoms with Gasteiger partial charge in [-0.2, -0.15) is 5.26 Å². The number of nitriles is 1. The van der Waals surface area contributed by atoms with Gasteiger partial charge in [0.2, 0.25) is 5.91 Å². The van der Waals surface area contributed by atoms with E-state index in [4.69, 9.17) is 14.7 Å². The average molecular weight is 364 g/mol. The molecule has 0 radical (unpaired) electrons. The monoisotopic (exact) mass is 364 g/mol. The number of ether oxygens (including phenoxy) is 2. The molecule has 1 aliphatic rings.